The van der Waals surface area contributed by atoms with Crippen molar-refractivity contribution in [2.45, 2.75) is 17.9 Å². The second kappa shape index (κ2) is 6.84. The summed E-state index contributed by atoms with van der Waals surface area (Å²) in [5.41, 5.74) is 1.40. The SMILES string of the molecule is O=[N+]([O-])C=CN1CCC(c2ccccc2)[C@@]1(CO)c1ccccc1. The quantitative estimate of drug-likeness (QED) is 0.678. The van der Waals surface area contributed by atoms with Gasteiger partial charge in [-0.15, -0.1) is 0 Å². The van der Waals surface area contributed by atoms with Crippen LogP contribution in [0.1, 0.15) is 23.5 Å². The van der Waals surface area contributed by atoms with Crippen molar-refractivity contribution in [2.24, 2.45) is 0 Å². The van der Waals surface area contributed by atoms with Crippen LogP contribution >= 0.6 is 0 Å². The summed E-state index contributed by atoms with van der Waals surface area (Å²) in [4.78, 5) is 12.2. The van der Waals surface area contributed by atoms with Gasteiger partial charge in [0.25, 0.3) is 0 Å². The van der Waals surface area contributed by atoms with E-state index in [2.05, 4.69) is 12.1 Å². The molecule has 24 heavy (non-hydrogen) atoms. The van der Waals surface area contributed by atoms with E-state index in [1.807, 2.05) is 53.4 Å². The van der Waals surface area contributed by atoms with Crippen LogP contribution in [-0.2, 0) is 5.54 Å². The van der Waals surface area contributed by atoms with E-state index in [-0.39, 0.29) is 12.5 Å². The normalized spacial score (nSPS) is 23.7. The fourth-order valence-corrected chi connectivity index (χ4v) is 3.76. The third-order valence-corrected chi connectivity index (χ3v) is 4.83. The van der Waals surface area contributed by atoms with Crippen LogP contribution < -0.4 is 0 Å². The van der Waals surface area contributed by atoms with Crippen LogP contribution in [0.4, 0.5) is 0 Å². The Labute approximate surface area is 141 Å². The summed E-state index contributed by atoms with van der Waals surface area (Å²) >= 11 is 0. The van der Waals surface area contributed by atoms with Crippen molar-refractivity contribution in [3.05, 3.63) is 94.3 Å². The average Bonchev–Trinajstić information content (AvgIpc) is 3.01. The van der Waals surface area contributed by atoms with E-state index < -0.39 is 10.5 Å². The maximum atomic E-state index is 10.8. The number of likely N-dealkylation sites (tertiary alicyclic amines) is 1. The van der Waals surface area contributed by atoms with Gasteiger partial charge in [-0.25, -0.2) is 0 Å². The number of hydrogen-bond donors (Lipinski definition) is 1. The van der Waals surface area contributed by atoms with Crippen molar-refractivity contribution >= 4 is 0 Å². The Morgan fingerprint density at radius 1 is 1.17 bits per heavy atom. The highest BCUT2D eigenvalue weighted by Crippen LogP contribution is 2.49. The molecular formula is C19H20N2O3. The van der Waals surface area contributed by atoms with Crippen LogP contribution in [0.15, 0.2) is 73.1 Å². The predicted octanol–water partition coefficient (Wildman–Crippen LogP) is 3.11. The Kier molecular flexibility index (Phi) is 4.62. The molecule has 2 aromatic carbocycles. The molecule has 124 valence electrons. The van der Waals surface area contributed by atoms with Crippen LogP contribution in [0.2, 0.25) is 0 Å². The molecule has 5 nitrogen and oxygen atoms in total. The van der Waals surface area contributed by atoms with E-state index in [9.17, 15) is 15.2 Å². The third-order valence-electron chi connectivity index (χ3n) is 4.83. The van der Waals surface area contributed by atoms with E-state index in [4.69, 9.17) is 0 Å². The third kappa shape index (κ3) is 2.78. The molecule has 0 aromatic heterocycles. The Bertz CT molecular complexity index is 718. The molecule has 2 atom stereocenters. The van der Waals surface area contributed by atoms with Gasteiger partial charge in [-0.1, -0.05) is 60.7 Å². The highest BCUT2D eigenvalue weighted by molar-refractivity contribution is 5.36. The van der Waals surface area contributed by atoms with E-state index in [1.165, 1.54) is 6.20 Å². The smallest absolute Gasteiger partial charge is 0.250 e. The van der Waals surface area contributed by atoms with Gasteiger partial charge >= 0.3 is 0 Å². The van der Waals surface area contributed by atoms with Gasteiger partial charge in [0, 0.05) is 12.5 Å². The molecule has 3 rings (SSSR count). The Morgan fingerprint density at radius 3 is 2.38 bits per heavy atom. The highest BCUT2D eigenvalue weighted by Gasteiger charge is 2.49. The van der Waals surface area contributed by atoms with Gasteiger partial charge in [0.2, 0.25) is 6.20 Å². The monoisotopic (exact) mass is 324 g/mol. The topological polar surface area (TPSA) is 66.6 Å². The Balaban J connectivity index is 2.11. The number of nitrogens with zero attached hydrogens (tertiary/aromatic N) is 2. The summed E-state index contributed by atoms with van der Waals surface area (Å²) in [6.07, 6.45) is 3.26. The van der Waals surface area contributed by atoms with Crippen LogP contribution in [0, 0.1) is 10.1 Å². The van der Waals surface area contributed by atoms with Crippen LogP contribution in [0.25, 0.3) is 0 Å². The Morgan fingerprint density at radius 2 is 1.79 bits per heavy atom. The van der Waals surface area contributed by atoms with Crippen molar-refractivity contribution in [1.29, 1.82) is 0 Å². The van der Waals surface area contributed by atoms with E-state index in [0.717, 1.165) is 23.7 Å². The predicted molar refractivity (Wildman–Crippen MR) is 91.8 cm³/mol. The van der Waals surface area contributed by atoms with Crippen molar-refractivity contribution in [3.8, 4) is 0 Å². The van der Waals surface area contributed by atoms with E-state index in [1.54, 1.807) is 0 Å². The minimum absolute atomic E-state index is 0.0579. The highest BCUT2D eigenvalue weighted by atomic mass is 16.6. The first kappa shape index (κ1) is 16.2. The fraction of sp³-hybridized carbons (Fsp3) is 0.263. The van der Waals surface area contributed by atoms with Gasteiger partial charge in [0.15, 0.2) is 0 Å². The molecule has 2 aromatic rings. The maximum Gasteiger partial charge on any atom is 0.250 e. The molecule has 0 spiro atoms. The molecule has 5 heteroatoms. The minimum atomic E-state index is -0.699. The lowest BCUT2D eigenvalue weighted by molar-refractivity contribution is -0.403. The molecular weight excluding hydrogens is 304 g/mol. The molecule has 1 aliphatic rings. The summed E-state index contributed by atoms with van der Waals surface area (Å²) < 4.78 is 0. The number of nitro groups is 1. The first-order valence-corrected chi connectivity index (χ1v) is 7.98. The molecule has 1 N–H and O–H groups in total. The summed E-state index contributed by atoms with van der Waals surface area (Å²) in [6.45, 7) is 0.540. The summed E-state index contributed by atoms with van der Waals surface area (Å²) in [5, 5.41) is 21.2. The molecule has 1 fully saturated rings. The molecule has 1 unspecified atom stereocenters. The largest absolute Gasteiger partial charge is 0.394 e. The van der Waals surface area contributed by atoms with E-state index in [0.29, 0.717) is 6.54 Å². The zero-order valence-corrected chi connectivity index (χ0v) is 13.3. The van der Waals surface area contributed by atoms with Crippen LogP contribution in [-0.4, -0.2) is 28.1 Å². The number of aliphatic hydroxyl groups is 1. The van der Waals surface area contributed by atoms with E-state index >= 15 is 0 Å². The molecule has 0 aliphatic carbocycles. The lowest BCUT2D eigenvalue weighted by atomic mass is 9.75. The molecule has 0 saturated carbocycles. The van der Waals surface area contributed by atoms with Crippen molar-refractivity contribution in [3.63, 3.8) is 0 Å². The van der Waals surface area contributed by atoms with Gasteiger partial charge in [-0.2, -0.15) is 0 Å². The lowest BCUT2D eigenvalue weighted by Crippen LogP contribution is -2.45. The van der Waals surface area contributed by atoms with Crippen LogP contribution in [0.3, 0.4) is 0 Å². The maximum absolute atomic E-state index is 10.8. The van der Waals surface area contributed by atoms with Gasteiger partial charge < -0.3 is 10.0 Å². The molecule has 0 radical (unpaired) electrons. The first-order valence-electron chi connectivity index (χ1n) is 7.98. The standard InChI is InChI=1S/C19H20N2O3/c22-15-19(17-9-5-2-6-10-17)18(16-7-3-1-4-8-16)11-12-20(19)13-14-21(23)24/h1-10,13-14,18,22H,11-12,15H2/t18?,19-/m1/s1. The Hall–Kier alpha value is -2.66. The minimum Gasteiger partial charge on any atom is -0.394 e. The zero-order chi connectivity index (χ0) is 17.0. The fourth-order valence-electron chi connectivity index (χ4n) is 3.76. The van der Waals surface area contributed by atoms with Gasteiger partial charge in [0.1, 0.15) is 0 Å². The van der Waals surface area contributed by atoms with Gasteiger partial charge in [-0.3, -0.25) is 10.1 Å². The van der Waals surface area contributed by atoms with Gasteiger partial charge in [-0.05, 0) is 17.5 Å². The van der Waals surface area contributed by atoms with Crippen molar-refractivity contribution in [1.82, 2.24) is 4.90 Å². The lowest BCUT2D eigenvalue weighted by Gasteiger charge is -2.41. The van der Waals surface area contributed by atoms with Crippen molar-refractivity contribution in [2.75, 3.05) is 13.2 Å². The second-order valence-electron chi connectivity index (χ2n) is 5.98. The number of aliphatic hydroxyl groups excluding tert-OH is 1. The number of rotatable bonds is 5. The summed E-state index contributed by atoms with van der Waals surface area (Å²) in [7, 11) is 0. The summed E-state index contributed by atoms with van der Waals surface area (Å²) in [5.74, 6) is 0.0579. The van der Waals surface area contributed by atoms with Crippen LogP contribution in [0.5, 0.6) is 0 Å². The van der Waals surface area contributed by atoms with Crippen molar-refractivity contribution < 1.29 is 10.0 Å². The average molecular weight is 324 g/mol. The molecule has 1 heterocycles. The second-order valence-corrected chi connectivity index (χ2v) is 5.98. The number of benzene rings is 2. The summed E-state index contributed by atoms with van der Waals surface area (Å²) in [6, 6.07) is 19.8. The van der Waals surface area contributed by atoms with Gasteiger partial charge in [0.05, 0.1) is 23.3 Å². The first-order chi connectivity index (χ1) is 11.7. The molecule has 0 amide bonds. The zero-order valence-electron chi connectivity index (χ0n) is 13.3. The molecule has 1 aliphatic heterocycles. The number of hydrogen-bond acceptors (Lipinski definition) is 4. The molecule has 1 saturated heterocycles. The molecule has 0 bridgehead atoms.